The van der Waals surface area contributed by atoms with E-state index in [0.29, 0.717) is 0 Å². The Morgan fingerprint density at radius 2 is 2.12 bits per heavy atom. The standard InChI is InChI=1S/C16H23N5S2.HI/c1-17-15(19-11-14-5-4-10-22-14)18-7-6-13-12-23-16(20-13)21-8-2-3-9-21;/h4-5,10,12H,2-3,6-9,11H2,1H3,(H2,17,18,19);1H. The van der Waals surface area contributed by atoms with Gasteiger partial charge in [-0.25, -0.2) is 4.98 Å². The number of guanidine groups is 1. The van der Waals surface area contributed by atoms with E-state index in [9.17, 15) is 0 Å². The van der Waals surface area contributed by atoms with E-state index in [4.69, 9.17) is 4.98 Å². The Kier molecular flexibility index (Phi) is 8.26. The second kappa shape index (κ2) is 10.2. The fourth-order valence-electron chi connectivity index (χ4n) is 2.58. The smallest absolute Gasteiger partial charge is 0.191 e. The van der Waals surface area contributed by atoms with Crippen molar-refractivity contribution in [3.8, 4) is 0 Å². The number of aromatic nitrogens is 1. The van der Waals surface area contributed by atoms with E-state index in [1.165, 1.54) is 22.9 Å². The Morgan fingerprint density at radius 1 is 1.29 bits per heavy atom. The number of thiazole rings is 1. The fourth-order valence-corrected chi connectivity index (χ4v) is 4.14. The summed E-state index contributed by atoms with van der Waals surface area (Å²) in [7, 11) is 1.80. The van der Waals surface area contributed by atoms with Gasteiger partial charge in [-0.2, -0.15) is 0 Å². The van der Waals surface area contributed by atoms with Crippen molar-refractivity contribution in [3.05, 3.63) is 33.5 Å². The maximum atomic E-state index is 4.75. The predicted octanol–water partition coefficient (Wildman–Crippen LogP) is 3.33. The van der Waals surface area contributed by atoms with Gasteiger partial charge in [-0.3, -0.25) is 4.99 Å². The molecule has 132 valence electrons. The van der Waals surface area contributed by atoms with Gasteiger partial charge in [-0.1, -0.05) is 6.07 Å². The van der Waals surface area contributed by atoms with Gasteiger partial charge >= 0.3 is 0 Å². The summed E-state index contributed by atoms with van der Waals surface area (Å²) in [6.07, 6.45) is 3.51. The summed E-state index contributed by atoms with van der Waals surface area (Å²) in [6.45, 7) is 3.97. The number of rotatable bonds is 6. The molecule has 0 unspecified atom stereocenters. The number of nitrogens with one attached hydrogen (secondary N) is 2. The minimum Gasteiger partial charge on any atom is -0.356 e. The molecular weight excluding hydrogens is 453 g/mol. The highest BCUT2D eigenvalue weighted by Crippen LogP contribution is 2.24. The van der Waals surface area contributed by atoms with Gasteiger partial charge in [0.2, 0.25) is 0 Å². The largest absolute Gasteiger partial charge is 0.356 e. The number of nitrogens with zero attached hydrogens (tertiary/aromatic N) is 3. The molecule has 3 rings (SSSR count). The van der Waals surface area contributed by atoms with Crippen molar-refractivity contribution in [1.29, 1.82) is 0 Å². The van der Waals surface area contributed by atoms with Gasteiger partial charge < -0.3 is 15.5 Å². The number of aliphatic imine (C=N–C) groups is 1. The molecule has 0 bridgehead atoms. The highest BCUT2D eigenvalue weighted by atomic mass is 127. The molecule has 1 fully saturated rings. The van der Waals surface area contributed by atoms with E-state index >= 15 is 0 Å². The van der Waals surface area contributed by atoms with Crippen LogP contribution in [0.4, 0.5) is 5.13 Å². The van der Waals surface area contributed by atoms with Gasteiger partial charge in [-0.05, 0) is 24.3 Å². The van der Waals surface area contributed by atoms with Crippen LogP contribution in [0.5, 0.6) is 0 Å². The first-order chi connectivity index (χ1) is 11.3. The number of hydrogen-bond donors (Lipinski definition) is 2. The van der Waals surface area contributed by atoms with Crippen molar-refractivity contribution >= 4 is 57.7 Å². The third kappa shape index (κ3) is 5.59. The van der Waals surface area contributed by atoms with E-state index in [1.54, 1.807) is 29.7 Å². The topological polar surface area (TPSA) is 52.6 Å². The van der Waals surface area contributed by atoms with Crippen LogP contribution < -0.4 is 15.5 Å². The van der Waals surface area contributed by atoms with Crippen LogP contribution in [0.2, 0.25) is 0 Å². The number of thiophene rings is 1. The monoisotopic (exact) mass is 477 g/mol. The minimum atomic E-state index is 0. The average molecular weight is 477 g/mol. The lowest BCUT2D eigenvalue weighted by Gasteiger charge is -2.12. The van der Waals surface area contributed by atoms with Crippen LogP contribution in [-0.2, 0) is 13.0 Å². The van der Waals surface area contributed by atoms with Gasteiger partial charge in [-0.15, -0.1) is 46.7 Å². The summed E-state index contributed by atoms with van der Waals surface area (Å²) in [5.41, 5.74) is 1.16. The SMILES string of the molecule is CN=C(NCCc1csc(N2CCCC2)n1)NCc1cccs1.I. The summed E-state index contributed by atoms with van der Waals surface area (Å²) in [5.74, 6) is 0.841. The van der Waals surface area contributed by atoms with Crippen LogP contribution >= 0.6 is 46.7 Å². The van der Waals surface area contributed by atoms with Crippen LogP contribution in [0.3, 0.4) is 0 Å². The van der Waals surface area contributed by atoms with Gasteiger partial charge in [0.05, 0.1) is 12.2 Å². The summed E-state index contributed by atoms with van der Waals surface area (Å²) in [6, 6.07) is 4.19. The third-order valence-corrected chi connectivity index (χ3v) is 5.65. The summed E-state index contributed by atoms with van der Waals surface area (Å²) in [4.78, 5) is 12.7. The second-order valence-corrected chi connectivity index (χ2v) is 7.37. The normalized spacial score (nSPS) is 14.5. The molecule has 2 aromatic heterocycles. The first-order valence-corrected chi connectivity index (χ1v) is 9.77. The molecule has 0 atom stereocenters. The number of anilines is 1. The first-order valence-electron chi connectivity index (χ1n) is 8.01. The van der Waals surface area contributed by atoms with Crippen LogP contribution in [-0.4, -0.2) is 37.6 Å². The Labute approximate surface area is 168 Å². The van der Waals surface area contributed by atoms with E-state index < -0.39 is 0 Å². The highest BCUT2D eigenvalue weighted by molar-refractivity contribution is 14.0. The fraction of sp³-hybridized carbons (Fsp3) is 0.500. The van der Waals surface area contributed by atoms with Crippen molar-refractivity contribution in [2.45, 2.75) is 25.8 Å². The maximum absolute atomic E-state index is 4.75. The molecule has 0 amide bonds. The van der Waals surface area contributed by atoms with Crippen molar-refractivity contribution < 1.29 is 0 Å². The zero-order chi connectivity index (χ0) is 15.9. The quantitative estimate of drug-likeness (QED) is 0.381. The Bertz CT molecular complexity index is 620. The predicted molar refractivity (Wildman–Crippen MR) is 115 cm³/mol. The molecular formula is C16H24IN5S2. The molecule has 0 aromatic carbocycles. The van der Waals surface area contributed by atoms with E-state index in [-0.39, 0.29) is 24.0 Å². The van der Waals surface area contributed by atoms with Gasteiger partial charge in [0.15, 0.2) is 11.1 Å². The second-order valence-electron chi connectivity index (χ2n) is 5.50. The molecule has 1 aliphatic heterocycles. The van der Waals surface area contributed by atoms with Crippen molar-refractivity contribution in [2.75, 3.05) is 31.6 Å². The third-order valence-electron chi connectivity index (χ3n) is 3.82. The van der Waals surface area contributed by atoms with Gasteiger partial charge in [0.1, 0.15) is 0 Å². The van der Waals surface area contributed by atoms with Crippen molar-refractivity contribution in [1.82, 2.24) is 15.6 Å². The lowest BCUT2D eigenvalue weighted by atomic mass is 10.3. The number of hydrogen-bond acceptors (Lipinski definition) is 5. The van der Waals surface area contributed by atoms with Crippen LogP contribution in [0.25, 0.3) is 0 Å². The molecule has 8 heteroatoms. The molecule has 5 nitrogen and oxygen atoms in total. The Balaban J connectivity index is 0.00000208. The molecule has 2 N–H and O–H groups in total. The molecule has 0 radical (unpaired) electrons. The summed E-state index contributed by atoms with van der Waals surface area (Å²) in [5, 5.41) is 12.1. The Morgan fingerprint density at radius 3 is 2.83 bits per heavy atom. The van der Waals surface area contributed by atoms with E-state index in [0.717, 1.165) is 44.3 Å². The summed E-state index contributed by atoms with van der Waals surface area (Å²) >= 11 is 3.51. The van der Waals surface area contributed by atoms with Crippen LogP contribution in [0.15, 0.2) is 27.9 Å². The lowest BCUT2D eigenvalue weighted by Crippen LogP contribution is -2.37. The zero-order valence-corrected chi connectivity index (χ0v) is 17.8. The molecule has 3 heterocycles. The molecule has 0 saturated carbocycles. The van der Waals surface area contributed by atoms with Crippen molar-refractivity contribution in [3.63, 3.8) is 0 Å². The minimum absolute atomic E-state index is 0. The molecule has 2 aromatic rings. The molecule has 0 aliphatic carbocycles. The number of halogens is 1. The Hall–Kier alpha value is -0.870. The van der Waals surface area contributed by atoms with E-state index in [1.807, 2.05) is 0 Å². The van der Waals surface area contributed by atoms with Crippen molar-refractivity contribution in [2.24, 2.45) is 4.99 Å². The summed E-state index contributed by atoms with van der Waals surface area (Å²) < 4.78 is 0. The highest BCUT2D eigenvalue weighted by Gasteiger charge is 2.15. The molecule has 0 spiro atoms. The molecule has 1 saturated heterocycles. The molecule has 24 heavy (non-hydrogen) atoms. The first kappa shape index (κ1) is 19.5. The molecule has 1 aliphatic rings. The lowest BCUT2D eigenvalue weighted by molar-refractivity contribution is 0.789. The zero-order valence-electron chi connectivity index (χ0n) is 13.8. The average Bonchev–Trinajstić information content (AvgIpc) is 3.32. The van der Waals surface area contributed by atoms with Crippen LogP contribution in [0.1, 0.15) is 23.4 Å². The maximum Gasteiger partial charge on any atom is 0.191 e. The van der Waals surface area contributed by atoms with Gasteiger partial charge in [0, 0.05) is 43.4 Å². The van der Waals surface area contributed by atoms with Gasteiger partial charge in [0.25, 0.3) is 0 Å². The van der Waals surface area contributed by atoms with E-state index in [2.05, 4.69) is 43.4 Å². The van der Waals surface area contributed by atoms with Crippen LogP contribution in [0, 0.1) is 0 Å².